The fourth-order valence-corrected chi connectivity index (χ4v) is 3.09. The molecule has 21 heavy (non-hydrogen) atoms. The normalized spacial score (nSPS) is 11.5. The maximum absolute atomic E-state index is 12.0. The molecular formula is C16H19BrN2OS. The SMILES string of the molecule is Cc1sc(NC(=O)CC(C)(C)C)nc1-c1ccc(Br)cc1. The Hall–Kier alpha value is -1.20. The van der Waals surface area contributed by atoms with E-state index in [2.05, 4.69) is 26.2 Å². The van der Waals surface area contributed by atoms with Gasteiger partial charge in [0.05, 0.1) is 5.69 Å². The van der Waals surface area contributed by atoms with E-state index in [1.54, 1.807) is 0 Å². The van der Waals surface area contributed by atoms with E-state index in [1.165, 1.54) is 11.3 Å². The van der Waals surface area contributed by atoms with Crippen molar-refractivity contribution in [3.05, 3.63) is 33.6 Å². The van der Waals surface area contributed by atoms with Crippen LogP contribution in [0.25, 0.3) is 11.3 Å². The van der Waals surface area contributed by atoms with Crippen molar-refractivity contribution in [3.63, 3.8) is 0 Å². The van der Waals surface area contributed by atoms with E-state index in [9.17, 15) is 4.79 Å². The van der Waals surface area contributed by atoms with Gasteiger partial charge in [-0.05, 0) is 24.5 Å². The van der Waals surface area contributed by atoms with Crippen LogP contribution in [-0.2, 0) is 4.79 Å². The van der Waals surface area contributed by atoms with Crippen LogP contribution < -0.4 is 5.32 Å². The highest BCUT2D eigenvalue weighted by atomic mass is 79.9. The van der Waals surface area contributed by atoms with Gasteiger partial charge in [0.15, 0.2) is 5.13 Å². The van der Waals surface area contributed by atoms with Crippen LogP contribution in [0.15, 0.2) is 28.7 Å². The van der Waals surface area contributed by atoms with Crippen molar-refractivity contribution >= 4 is 38.3 Å². The Morgan fingerprint density at radius 3 is 2.48 bits per heavy atom. The molecule has 1 heterocycles. The van der Waals surface area contributed by atoms with Gasteiger partial charge in [0.1, 0.15) is 0 Å². The summed E-state index contributed by atoms with van der Waals surface area (Å²) in [6, 6.07) is 8.03. The molecule has 1 N–H and O–H groups in total. The molecule has 2 rings (SSSR count). The number of aromatic nitrogens is 1. The molecule has 0 bridgehead atoms. The van der Waals surface area contributed by atoms with Crippen molar-refractivity contribution in [2.45, 2.75) is 34.1 Å². The molecule has 0 aliphatic carbocycles. The van der Waals surface area contributed by atoms with Gasteiger partial charge in [-0.2, -0.15) is 0 Å². The number of nitrogens with zero attached hydrogens (tertiary/aromatic N) is 1. The quantitative estimate of drug-likeness (QED) is 0.805. The number of hydrogen-bond donors (Lipinski definition) is 1. The van der Waals surface area contributed by atoms with Crippen molar-refractivity contribution in [2.24, 2.45) is 5.41 Å². The Morgan fingerprint density at radius 1 is 1.29 bits per heavy atom. The number of rotatable bonds is 3. The fourth-order valence-electron chi connectivity index (χ4n) is 1.97. The first kappa shape index (κ1) is 16.2. The summed E-state index contributed by atoms with van der Waals surface area (Å²) in [6.07, 6.45) is 0.485. The molecule has 0 aliphatic rings. The van der Waals surface area contributed by atoms with Crippen LogP contribution in [0.1, 0.15) is 32.1 Å². The van der Waals surface area contributed by atoms with Gasteiger partial charge in [-0.1, -0.05) is 48.8 Å². The monoisotopic (exact) mass is 366 g/mol. The molecule has 1 aromatic heterocycles. The van der Waals surface area contributed by atoms with Gasteiger partial charge >= 0.3 is 0 Å². The largest absolute Gasteiger partial charge is 0.302 e. The van der Waals surface area contributed by atoms with E-state index in [0.29, 0.717) is 11.6 Å². The zero-order valence-electron chi connectivity index (χ0n) is 12.7. The van der Waals surface area contributed by atoms with Crippen LogP contribution in [0, 0.1) is 12.3 Å². The highest BCUT2D eigenvalue weighted by molar-refractivity contribution is 9.10. The number of carbonyl (C=O) groups excluding carboxylic acids is 1. The van der Waals surface area contributed by atoms with E-state index in [1.807, 2.05) is 52.0 Å². The van der Waals surface area contributed by atoms with Crippen molar-refractivity contribution in [2.75, 3.05) is 5.32 Å². The summed E-state index contributed by atoms with van der Waals surface area (Å²) in [5.41, 5.74) is 1.96. The second-order valence-corrected chi connectivity index (χ2v) is 8.34. The number of carbonyl (C=O) groups is 1. The molecule has 1 amide bonds. The number of hydrogen-bond acceptors (Lipinski definition) is 3. The molecule has 0 spiro atoms. The predicted octanol–water partition coefficient (Wildman–Crippen LogP) is 5.26. The molecule has 0 radical (unpaired) electrons. The van der Waals surface area contributed by atoms with E-state index in [0.717, 1.165) is 20.6 Å². The standard InChI is InChI=1S/C16H19BrN2OS/c1-10-14(11-5-7-12(17)8-6-11)19-15(21-10)18-13(20)9-16(2,3)4/h5-8H,9H2,1-4H3,(H,18,19,20). The molecule has 1 aromatic carbocycles. The molecule has 112 valence electrons. The summed E-state index contributed by atoms with van der Waals surface area (Å²) in [6.45, 7) is 8.17. The third-order valence-electron chi connectivity index (χ3n) is 2.85. The van der Waals surface area contributed by atoms with Gasteiger partial charge in [-0.15, -0.1) is 11.3 Å². The summed E-state index contributed by atoms with van der Waals surface area (Å²) < 4.78 is 1.04. The minimum absolute atomic E-state index is 0.0126. The second-order valence-electron chi connectivity index (χ2n) is 6.22. The van der Waals surface area contributed by atoms with Crippen LogP contribution in [0.4, 0.5) is 5.13 Å². The van der Waals surface area contributed by atoms with Crippen LogP contribution in [0.3, 0.4) is 0 Å². The molecule has 0 saturated carbocycles. The number of halogens is 1. The van der Waals surface area contributed by atoms with Crippen LogP contribution in [0.5, 0.6) is 0 Å². The van der Waals surface area contributed by atoms with Crippen molar-refractivity contribution in [1.82, 2.24) is 4.98 Å². The smallest absolute Gasteiger partial charge is 0.226 e. The minimum Gasteiger partial charge on any atom is -0.302 e. The zero-order chi connectivity index (χ0) is 15.6. The Kier molecular flexibility index (Phi) is 4.84. The Morgan fingerprint density at radius 2 is 1.90 bits per heavy atom. The molecule has 0 saturated heterocycles. The first-order valence-corrected chi connectivity index (χ1v) is 8.39. The molecule has 5 heteroatoms. The maximum Gasteiger partial charge on any atom is 0.226 e. The number of amides is 1. The van der Waals surface area contributed by atoms with Crippen molar-refractivity contribution in [1.29, 1.82) is 0 Å². The third kappa shape index (κ3) is 4.64. The van der Waals surface area contributed by atoms with Gasteiger partial charge in [0, 0.05) is 21.3 Å². The first-order chi connectivity index (χ1) is 9.74. The van der Waals surface area contributed by atoms with Gasteiger partial charge in [-0.3, -0.25) is 4.79 Å². The molecule has 0 atom stereocenters. The zero-order valence-corrected chi connectivity index (χ0v) is 15.1. The van der Waals surface area contributed by atoms with E-state index < -0.39 is 0 Å². The van der Waals surface area contributed by atoms with Crippen LogP contribution >= 0.6 is 27.3 Å². The number of aryl methyl sites for hydroxylation is 1. The Bertz CT molecular complexity index is 641. The summed E-state index contributed by atoms with van der Waals surface area (Å²) in [7, 11) is 0. The number of nitrogens with one attached hydrogen (secondary N) is 1. The Balaban J connectivity index is 2.16. The highest BCUT2D eigenvalue weighted by Gasteiger charge is 2.18. The highest BCUT2D eigenvalue weighted by Crippen LogP contribution is 2.31. The summed E-state index contributed by atoms with van der Waals surface area (Å²) in [5.74, 6) is 0.0126. The third-order valence-corrected chi connectivity index (χ3v) is 4.27. The predicted molar refractivity (Wildman–Crippen MR) is 92.7 cm³/mol. The average Bonchev–Trinajstić information content (AvgIpc) is 2.68. The first-order valence-electron chi connectivity index (χ1n) is 6.78. The molecule has 0 aliphatic heterocycles. The van der Waals surface area contributed by atoms with E-state index >= 15 is 0 Å². The summed E-state index contributed by atoms with van der Waals surface area (Å²) in [4.78, 5) is 17.6. The molecule has 3 nitrogen and oxygen atoms in total. The maximum atomic E-state index is 12.0. The molecule has 0 fully saturated rings. The molecule has 0 unspecified atom stereocenters. The topological polar surface area (TPSA) is 42.0 Å². The molecular weight excluding hydrogens is 348 g/mol. The van der Waals surface area contributed by atoms with Gasteiger partial charge in [0.25, 0.3) is 0 Å². The molecule has 2 aromatic rings. The lowest BCUT2D eigenvalue weighted by Gasteiger charge is -2.16. The van der Waals surface area contributed by atoms with Crippen molar-refractivity contribution in [3.8, 4) is 11.3 Å². The average molecular weight is 367 g/mol. The van der Waals surface area contributed by atoms with Gasteiger partial charge in [0.2, 0.25) is 5.91 Å². The van der Waals surface area contributed by atoms with Gasteiger partial charge in [-0.25, -0.2) is 4.98 Å². The number of benzene rings is 1. The lowest BCUT2D eigenvalue weighted by molar-refractivity contribution is -0.117. The fraction of sp³-hybridized carbons (Fsp3) is 0.375. The van der Waals surface area contributed by atoms with Crippen LogP contribution in [-0.4, -0.2) is 10.9 Å². The minimum atomic E-state index is -0.0229. The number of anilines is 1. The van der Waals surface area contributed by atoms with Gasteiger partial charge < -0.3 is 5.32 Å². The second kappa shape index (κ2) is 6.28. The van der Waals surface area contributed by atoms with E-state index in [4.69, 9.17) is 0 Å². The lowest BCUT2D eigenvalue weighted by atomic mass is 9.92. The summed E-state index contributed by atoms with van der Waals surface area (Å²) >= 11 is 4.94. The lowest BCUT2D eigenvalue weighted by Crippen LogP contribution is -2.19. The Labute approximate surface area is 137 Å². The summed E-state index contributed by atoms with van der Waals surface area (Å²) in [5, 5.41) is 3.57. The van der Waals surface area contributed by atoms with E-state index in [-0.39, 0.29) is 11.3 Å². The number of thiazole rings is 1. The van der Waals surface area contributed by atoms with Crippen molar-refractivity contribution < 1.29 is 4.79 Å². The van der Waals surface area contributed by atoms with Crippen LogP contribution in [0.2, 0.25) is 0 Å².